The molecule has 1 saturated heterocycles. The Morgan fingerprint density at radius 3 is 2.95 bits per heavy atom. The number of rotatable bonds is 6. The molecule has 0 aromatic heterocycles. The molecule has 1 heterocycles. The quantitative estimate of drug-likeness (QED) is 0.786. The highest BCUT2D eigenvalue weighted by Gasteiger charge is 2.17. The number of hydrogen-bond acceptors (Lipinski definition) is 3. The van der Waals surface area contributed by atoms with Crippen molar-refractivity contribution in [1.29, 1.82) is 0 Å². The van der Waals surface area contributed by atoms with Crippen molar-refractivity contribution >= 4 is 0 Å². The van der Waals surface area contributed by atoms with Gasteiger partial charge in [0.05, 0.1) is 0 Å². The van der Waals surface area contributed by atoms with E-state index in [9.17, 15) is 5.11 Å². The standard InChI is InChI=1S/C18H30N2O/c1-14-8-9-18(21)17(13-14)16(3)19-10-6-12-20-11-5-4-7-15(20)2/h8-9,13,15-16,19,21H,4-7,10-12H2,1-3H3. The Hall–Kier alpha value is -1.06. The van der Waals surface area contributed by atoms with Crippen LogP contribution in [0.25, 0.3) is 0 Å². The Balaban J connectivity index is 1.74. The molecule has 1 aliphatic heterocycles. The molecule has 0 bridgehead atoms. The summed E-state index contributed by atoms with van der Waals surface area (Å²) in [4.78, 5) is 2.61. The van der Waals surface area contributed by atoms with Crippen LogP contribution in [0.2, 0.25) is 0 Å². The molecule has 3 heteroatoms. The van der Waals surface area contributed by atoms with Crippen LogP contribution in [0.15, 0.2) is 18.2 Å². The summed E-state index contributed by atoms with van der Waals surface area (Å²) in [7, 11) is 0. The minimum absolute atomic E-state index is 0.198. The summed E-state index contributed by atoms with van der Waals surface area (Å²) in [5.74, 6) is 0.394. The van der Waals surface area contributed by atoms with Gasteiger partial charge in [-0.15, -0.1) is 0 Å². The van der Waals surface area contributed by atoms with Crippen LogP contribution in [0.4, 0.5) is 0 Å². The second-order valence-corrected chi connectivity index (χ2v) is 6.47. The van der Waals surface area contributed by atoms with Gasteiger partial charge in [-0.05, 0) is 65.7 Å². The molecule has 118 valence electrons. The number of phenolic OH excluding ortho intramolecular Hbond substituents is 1. The van der Waals surface area contributed by atoms with E-state index in [0.29, 0.717) is 5.75 Å². The van der Waals surface area contributed by atoms with Crippen molar-refractivity contribution < 1.29 is 5.11 Å². The molecule has 2 unspecified atom stereocenters. The van der Waals surface area contributed by atoms with Gasteiger partial charge in [0, 0.05) is 17.6 Å². The van der Waals surface area contributed by atoms with Crippen molar-refractivity contribution in [2.24, 2.45) is 0 Å². The lowest BCUT2D eigenvalue weighted by atomic mass is 10.0. The van der Waals surface area contributed by atoms with Crippen LogP contribution in [-0.4, -0.2) is 35.7 Å². The fraction of sp³-hybridized carbons (Fsp3) is 0.667. The molecule has 1 aromatic carbocycles. The van der Waals surface area contributed by atoms with Gasteiger partial charge in [-0.25, -0.2) is 0 Å². The first-order valence-electron chi connectivity index (χ1n) is 8.35. The molecule has 2 rings (SSSR count). The molecule has 0 amide bonds. The zero-order chi connectivity index (χ0) is 15.2. The smallest absolute Gasteiger partial charge is 0.120 e. The minimum atomic E-state index is 0.198. The molecule has 2 N–H and O–H groups in total. The highest BCUT2D eigenvalue weighted by molar-refractivity contribution is 5.37. The Kier molecular flexibility index (Phi) is 6.07. The van der Waals surface area contributed by atoms with E-state index in [0.717, 1.165) is 18.2 Å². The highest BCUT2D eigenvalue weighted by atomic mass is 16.3. The first-order chi connectivity index (χ1) is 10.1. The lowest BCUT2D eigenvalue weighted by molar-refractivity contribution is 0.158. The molecule has 1 fully saturated rings. The van der Waals surface area contributed by atoms with Gasteiger partial charge in [0.1, 0.15) is 5.75 Å². The number of aryl methyl sites for hydroxylation is 1. The summed E-state index contributed by atoms with van der Waals surface area (Å²) in [6.45, 7) is 9.97. The van der Waals surface area contributed by atoms with E-state index in [4.69, 9.17) is 0 Å². The Morgan fingerprint density at radius 1 is 1.38 bits per heavy atom. The van der Waals surface area contributed by atoms with Crippen LogP contribution >= 0.6 is 0 Å². The van der Waals surface area contributed by atoms with Gasteiger partial charge in [0.15, 0.2) is 0 Å². The molecule has 0 aliphatic carbocycles. The van der Waals surface area contributed by atoms with Crippen LogP contribution in [0.5, 0.6) is 5.75 Å². The number of likely N-dealkylation sites (tertiary alicyclic amines) is 1. The van der Waals surface area contributed by atoms with Gasteiger partial charge < -0.3 is 15.3 Å². The van der Waals surface area contributed by atoms with Gasteiger partial charge in [0.2, 0.25) is 0 Å². The van der Waals surface area contributed by atoms with Crippen molar-refractivity contribution in [3.05, 3.63) is 29.3 Å². The van der Waals surface area contributed by atoms with Crippen LogP contribution in [0.3, 0.4) is 0 Å². The summed E-state index contributed by atoms with van der Waals surface area (Å²) < 4.78 is 0. The molecule has 21 heavy (non-hydrogen) atoms. The molecule has 0 radical (unpaired) electrons. The molecular formula is C18H30N2O. The summed E-state index contributed by atoms with van der Waals surface area (Å²) in [6.07, 6.45) is 5.26. The maximum absolute atomic E-state index is 9.95. The molecule has 1 aliphatic rings. The zero-order valence-electron chi connectivity index (χ0n) is 13.7. The van der Waals surface area contributed by atoms with E-state index in [1.165, 1.54) is 44.3 Å². The van der Waals surface area contributed by atoms with Gasteiger partial charge in [0.25, 0.3) is 0 Å². The van der Waals surface area contributed by atoms with Gasteiger partial charge in [-0.3, -0.25) is 0 Å². The predicted molar refractivity (Wildman–Crippen MR) is 88.8 cm³/mol. The third kappa shape index (κ3) is 4.72. The molecule has 0 saturated carbocycles. The largest absolute Gasteiger partial charge is 0.508 e. The van der Waals surface area contributed by atoms with Gasteiger partial charge >= 0.3 is 0 Å². The van der Waals surface area contributed by atoms with E-state index < -0.39 is 0 Å². The summed E-state index contributed by atoms with van der Waals surface area (Å²) >= 11 is 0. The van der Waals surface area contributed by atoms with Crippen LogP contribution in [0, 0.1) is 6.92 Å². The Bertz CT molecular complexity index is 447. The fourth-order valence-corrected chi connectivity index (χ4v) is 3.22. The monoisotopic (exact) mass is 290 g/mol. The predicted octanol–water partition coefficient (Wildman–Crippen LogP) is 3.62. The number of piperidine rings is 1. The molecule has 2 atom stereocenters. The van der Waals surface area contributed by atoms with Gasteiger partial charge in [-0.2, -0.15) is 0 Å². The molecular weight excluding hydrogens is 260 g/mol. The number of hydrogen-bond donors (Lipinski definition) is 2. The topological polar surface area (TPSA) is 35.5 Å². The van der Waals surface area contributed by atoms with Gasteiger partial charge in [-0.1, -0.05) is 24.1 Å². The van der Waals surface area contributed by atoms with Crippen molar-refractivity contribution in [3.63, 3.8) is 0 Å². The normalized spacial score (nSPS) is 21.4. The molecule has 3 nitrogen and oxygen atoms in total. The maximum atomic E-state index is 9.95. The lowest BCUT2D eigenvalue weighted by Gasteiger charge is -2.33. The number of nitrogens with one attached hydrogen (secondary N) is 1. The first kappa shape index (κ1) is 16.3. The number of nitrogens with zero attached hydrogens (tertiary/aromatic N) is 1. The van der Waals surface area contributed by atoms with E-state index in [1.807, 2.05) is 6.07 Å². The fourth-order valence-electron chi connectivity index (χ4n) is 3.22. The number of phenols is 1. The van der Waals surface area contributed by atoms with E-state index in [1.54, 1.807) is 6.07 Å². The SMILES string of the molecule is Cc1ccc(O)c(C(C)NCCCN2CCCCC2C)c1. The molecule has 1 aromatic rings. The van der Waals surface area contributed by atoms with Crippen molar-refractivity contribution in [2.75, 3.05) is 19.6 Å². The Labute approximate surface area is 129 Å². The first-order valence-corrected chi connectivity index (χ1v) is 8.35. The van der Waals surface area contributed by atoms with Crippen LogP contribution in [-0.2, 0) is 0 Å². The van der Waals surface area contributed by atoms with Crippen LogP contribution < -0.4 is 5.32 Å². The second-order valence-electron chi connectivity index (χ2n) is 6.47. The summed E-state index contributed by atoms with van der Waals surface area (Å²) in [6, 6.07) is 6.75. The average Bonchev–Trinajstić information content (AvgIpc) is 2.47. The second kappa shape index (κ2) is 7.81. The minimum Gasteiger partial charge on any atom is -0.508 e. The van der Waals surface area contributed by atoms with Crippen LogP contribution in [0.1, 0.15) is 56.7 Å². The third-order valence-electron chi connectivity index (χ3n) is 4.66. The van der Waals surface area contributed by atoms with E-state index >= 15 is 0 Å². The third-order valence-corrected chi connectivity index (χ3v) is 4.66. The maximum Gasteiger partial charge on any atom is 0.120 e. The van der Waals surface area contributed by atoms with Crippen molar-refractivity contribution in [2.45, 2.75) is 58.5 Å². The highest BCUT2D eigenvalue weighted by Crippen LogP contribution is 2.24. The van der Waals surface area contributed by atoms with E-state index in [2.05, 4.69) is 37.1 Å². The lowest BCUT2D eigenvalue weighted by Crippen LogP contribution is -2.39. The summed E-state index contributed by atoms with van der Waals surface area (Å²) in [5.41, 5.74) is 2.19. The number of aromatic hydroxyl groups is 1. The van der Waals surface area contributed by atoms with Crippen molar-refractivity contribution in [1.82, 2.24) is 10.2 Å². The molecule has 0 spiro atoms. The number of benzene rings is 1. The zero-order valence-corrected chi connectivity index (χ0v) is 13.7. The van der Waals surface area contributed by atoms with Crippen molar-refractivity contribution in [3.8, 4) is 5.75 Å². The Morgan fingerprint density at radius 2 is 2.19 bits per heavy atom. The summed E-state index contributed by atoms with van der Waals surface area (Å²) in [5, 5.41) is 13.5. The average molecular weight is 290 g/mol. The van der Waals surface area contributed by atoms with E-state index in [-0.39, 0.29) is 6.04 Å².